The van der Waals surface area contributed by atoms with Crippen molar-refractivity contribution in [2.75, 3.05) is 5.32 Å². The van der Waals surface area contributed by atoms with Gasteiger partial charge in [0.25, 0.3) is 17.7 Å². The summed E-state index contributed by atoms with van der Waals surface area (Å²) in [5.74, 6) is 0.629. The van der Waals surface area contributed by atoms with E-state index in [9.17, 15) is 4.79 Å². The summed E-state index contributed by atoms with van der Waals surface area (Å²) in [5, 5.41) is 7.09. The van der Waals surface area contributed by atoms with Crippen LogP contribution in [0.15, 0.2) is 40.9 Å². The van der Waals surface area contributed by atoms with E-state index in [1.807, 2.05) is 45.0 Å². The zero-order valence-electron chi connectivity index (χ0n) is 15.5. The Hall–Kier alpha value is -2.86. The highest BCUT2D eigenvalue weighted by Gasteiger charge is 2.19. The van der Waals surface area contributed by atoms with Gasteiger partial charge in [-0.2, -0.15) is 4.98 Å². The van der Waals surface area contributed by atoms with E-state index in [0.29, 0.717) is 16.7 Å². The van der Waals surface area contributed by atoms with E-state index in [0.717, 1.165) is 22.3 Å². The third kappa shape index (κ3) is 4.46. The van der Waals surface area contributed by atoms with Gasteiger partial charge in [-0.25, -0.2) is 0 Å². The molecule has 1 amide bonds. The zero-order chi connectivity index (χ0) is 19.6. The molecule has 3 rings (SSSR count). The van der Waals surface area contributed by atoms with Gasteiger partial charge in [-0.1, -0.05) is 29.3 Å². The maximum absolute atomic E-state index is 12.4. The largest absolute Gasteiger partial charge is 0.481 e. The van der Waals surface area contributed by atoms with Gasteiger partial charge >= 0.3 is 0 Å². The smallest absolute Gasteiger partial charge is 0.270 e. The van der Waals surface area contributed by atoms with Crippen LogP contribution in [0.5, 0.6) is 5.75 Å². The van der Waals surface area contributed by atoms with Gasteiger partial charge in [0.1, 0.15) is 5.75 Å². The number of halogens is 1. The van der Waals surface area contributed by atoms with Gasteiger partial charge in [0.15, 0.2) is 6.10 Å². The van der Waals surface area contributed by atoms with Crippen molar-refractivity contribution < 1.29 is 14.1 Å². The van der Waals surface area contributed by atoms with Gasteiger partial charge in [-0.15, -0.1) is 0 Å². The van der Waals surface area contributed by atoms with Crippen molar-refractivity contribution in [1.29, 1.82) is 0 Å². The molecule has 1 N–H and O–H groups in total. The summed E-state index contributed by atoms with van der Waals surface area (Å²) in [4.78, 5) is 16.6. The van der Waals surface area contributed by atoms with Gasteiger partial charge in [0.05, 0.1) is 0 Å². The lowest BCUT2D eigenvalue weighted by Crippen LogP contribution is -2.30. The van der Waals surface area contributed by atoms with E-state index in [1.165, 1.54) is 0 Å². The van der Waals surface area contributed by atoms with Crippen LogP contribution in [0.3, 0.4) is 0 Å². The third-order valence-corrected chi connectivity index (χ3v) is 4.61. The van der Waals surface area contributed by atoms with E-state index >= 15 is 0 Å². The molecule has 27 heavy (non-hydrogen) atoms. The Bertz CT molecular complexity index is 961. The molecule has 0 radical (unpaired) electrons. The summed E-state index contributed by atoms with van der Waals surface area (Å²) in [5.41, 5.74) is 3.65. The Morgan fingerprint density at radius 3 is 2.56 bits per heavy atom. The van der Waals surface area contributed by atoms with Crippen molar-refractivity contribution in [1.82, 2.24) is 10.1 Å². The van der Waals surface area contributed by atoms with Crippen molar-refractivity contribution in [2.24, 2.45) is 0 Å². The first-order chi connectivity index (χ1) is 12.8. The second-order valence-electron chi connectivity index (χ2n) is 6.41. The van der Waals surface area contributed by atoms with Crippen molar-refractivity contribution >= 4 is 23.5 Å². The first kappa shape index (κ1) is 18.9. The fourth-order valence-electron chi connectivity index (χ4n) is 2.61. The number of carbonyl (C=O) groups is 1. The summed E-state index contributed by atoms with van der Waals surface area (Å²) in [7, 11) is 0. The average molecular weight is 386 g/mol. The Morgan fingerprint density at radius 1 is 1.19 bits per heavy atom. The number of aryl methyl sites for hydroxylation is 3. The fraction of sp³-hybridized carbons (Fsp3) is 0.250. The first-order valence-electron chi connectivity index (χ1n) is 8.48. The second kappa shape index (κ2) is 7.80. The molecule has 0 aliphatic heterocycles. The summed E-state index contributed by atoms with van der Waals surface area (Å²) >= 11 is 6.16. The van der Waals surface area contributed by atoms with Gasteiger partial charge in [-0.3, -0.25) is 10.1 Å². The van der Waals surface area contributed by atoms with Gasteiger partial charge in [0.2, 0.25) is 0 Å². The van der Waals surface area contributed by atoms with Crippen molar-refractivity contribution in [3.05, 3.63) is 58.1 Å². The fourth-order valence-corrected chi connectivity index (χ4v) is 2.72. The first-order valence-corrected chi connectivity index (χ1v) is 8.86. The van der Waals surface area contributed by atoms with Crippen LogP contribution >= 0.6 is 11.6 Å². The quantitative estimate of drug-likeness (QED) is 0.687. The molecule has 0 fully saturated rings. The van der Waals surface area contributed by atoms with E-state index < -0.39 is 6.10 Å². The van der Waals surface area contributed by atoms with Crippen molar-refractivity contribution in [3.63, 3.8) is 0 Å². The Labute approximate surface area is 162 Å². The van der Waals surface area contributed by atoms with E-state index in [4.69, 9.17) is 20.9 Å². The number of carbonyl (C=O) groups excluding carboxylic acids is 1. The molecule has 0 saturated carbocycles. The topological polar surface area (TPSA) is 77.2 Å². The van der Waals surface area contributed by atoms with Crippen molar-refractivity contribution in [3.8, 4) is 17.2 Å². The Balaban J connectivity index is 1.67. The lowest BCUT2D eigenvalue weighted by atomic mass is 10.1. The number of benzene rings is 2. The van der Waals surface area contributed by atoms with Crippen LogP contribution in [0.1, 0.15) is 23.6 Å². The highest BCUT2D eigenvalue weighted by Crippen LogP contribution is 2.26. The van der Waals surface area contributed by atoms with Crippen molar-refractivity contribution in [2.45, 2.75) is 33.8 Å². The monoisotopic (exact) mass is 385 g/mol. The number of rotatable bonds is 5. The summed E-state index contributed by atoms with van der Waals surface area (Å²) < 4.78 is 10.9. The molecule has 140 valence electrons. The molecule has 0 aliphatic rings. The maximum atomic E-state index is 12.4. The molecule has 7 heteroatoms. The standard InChI is InChI=1S/C20H20ClN3O3/c1-11-6-5-7-15(8-11)19-23-20(24-27-19)22-18(25)14(4)26-16-9-12(2)17(21)13(3)10-16/h5-10,14H,1-4H3,(H,22,24,25)/t14-/m1/s1. The summed E-state index contributed by atoms with van der Waals surface area (Å²) in [6.07, 6.45) is -0.745. The zero-order valence-corrected chi connectivity index (χ0v) is 16.3. The molecule has 6 nitrogen and oxygen atoms in total. The molecule has 1 aromatic heterocycles. The lowest BCUT2D eigenvalue weighted by Gasteiger charge is -2.15. The number of amides is 1. The molecular formula is C20H20ClN3O3. The molecule has 3 aromatic rings. The van der Waals surface area contributed by atoms with E-state index in [1.54, 1.807) is 19.1 Å². The van der Waals surface area contributed by atoms with Crippen LogP contribution in [0, 0.1) is 20.8 Å². The van der Waals surface area contributed by atoms with Crippen LogP contribution in [-0.4, -0.2) is 22.2 Å². The molecular weight excluding hydrogens is 366 g/mol. The minimum absolute atomic E-state index is 0.0930. The molecule has 0 spiro atoms. The van der Waals surface area contributed by atoms with Gasteiger partial charge < -0.3 is 9.26 Å². The normalized spacial score (nSPS) is 11.9. The van der Waals surface area contributed by atoms with Crippen LogP contribution < -0.4 is 10.1 Å². The number of aromatic nitrogens is 2. The van der Waals surface area contributed by atoms with E-state index in [-0.39, 0.29) is 11.9 Å². The van der Waals surface area contributed by atoms with Crippen LogP contribution in [0.25, 0.3) is 11.5 Å². The Kier molecular flexibility index (Phi) is 5.46. The minimum Gasteiger partial charge on any atom is -0.481 e. The molecule has 0 bridgehead atoms. The molecule has 1 atom stereocenters. The SMILES string of the molecule is Cc1cccc(-c2nc(NC(=O)[C@@H](C)Oc3cc(C)c(Cl)c(C)c3)no2)c1. The number of ether oxygens (including phenoxy) is 1. The Morgan fingerprint density at radius 2 is 1.89 bits per heavy atom. The molecule has 2 aromatic carbocycles. The highest BCUT2D eigenvalue weighted by molar-refractivity contribution is 6.32. The lowest BCUT2D eigenvalue weighted by molar-refractivity contribution is -0.122. The molecule has 0 aliphatic carbocycles. The second-order valence-corrected chi connectivity index (χ2v) is 6.79. The van der Waals surface area contributed by atoms with Gasteiger partial charge in [0, 0.05) is 10.6 Å². The summed E-state index contributed by atoms with van der Waals surface area (Å²) in [6, 6.07) is 11.3. The molecule has 1 heterocycles. The maximum Gasteiger partial charge on any atom is 0.270 e. The minimum atomic E-state index is -0.745. The highest BCUT2D eigenvalue weighted by atomic mass is 35.5. The van der Waals surface area contributed by atoms with Crippen LogP contribution in [-0.2, 0) is 4.79 Å². The van der Waals surface area contributed by atoms with Crippen LogP contribution in [0.2, 0.25) is 5.02 Å². The number of nitrogens with zero attached hydrogens (tertiary/aromatic N) is 2. The number of hydrogen-bond acceptors (Lipinski definition) is 5. The van der Waals surface area contributed by atoms with Crippen LogP contribution in [0.4, 0.5) is 5.95 Å². The summed E-state index contributed by atoms with van der Waals surface area (Å²) in [6.45, 7) is 7.40. The molecule has 0 saturated heterocycles. The number of anilines is 1. The number of hydrogen-bond donors (Lipinski definition) is 1. The van der Waals surface area contributed by atoms with Gasteiger partial charge in [-0.05, 0) is 68.2 Å². The molecule has 0 unspecified atom stereocenters. The number of nitrogens with one attached hydrogen (secondary N) is 1. The average Bonchev–Trinajstić information content (AvgIpc) is 3.08. The predicted octanol–water partition coefficient (Wildman–Crippen LogP) is 4.72. The predicted molar refractivity (Wildman–Crippen MR) is 104 cm³/mol. The van der Waals surface area contributed by atoms with E-state index in [2.05, 4.69) is 15.5 Å². The third-order valence-electron chi connectivity index (χ3n) is 4.02.